The van der Waals surface area contributed by atoms with E-state index in [0.29, 0.717) is 16.9 Å². The third kappa shape index (κ3) is 5.97. The predicted octanol–water partition coefficient (Wildman–Crippen LogP) is 9.93. The van der Waals surface area contributed by atoms with E-state index < -0.39 is 0 Å². The average molecular weight is 565 g/mol. The molecule has 4 aliphatic carbocycles. The van der Waals surface area contributed by atoms with Crippen molar-refractivity contribution in [2.75, 3.05) is 18.1 Å². The number of benzene rings is 1. The van der Waals surface area contributed by atoms with Crippen molar-refractivity contribution in [2.45, 2.75) is 138 Å². The van der Waals surface area contributed by atoms with Gasteiger partial charge in [0.2, 0.25) is 0 Å². The molecule has 3 heteroatoms. The third-order valence-corrected chi connectivity index (χ3v) is 13.7. The zero-order valence-electron chi connectivity index (χ0n) is 27.8. The van der Waals surface area contributed by atoms with Gasteiger partial charge in [-0.2, -0.15) is 0 Å². The summed E-state index contributed by atoms with van der Waals surface area (Å²) in [5, 5.41) is 0. The highest BCUT2D eigenvalue weighted by atomic mass is 16.5. The van der Waals surface area contributed by atoms with Gasteiger partial charge < -0.3 is 16.2 Å². The van der Waals surface area contributed by atoms with Crippen LogP contribution in [0.25, 0.3) is 0 Å². The van der Waals surface area contributed by atoms with Crippen LogP contribution in [0.1, 0.15) is 131 Å². The van der Waals surface area contributed by atoms with Crippen LogP contribution in [0.2, 0.25) is 0 Å². The summed E-state index contributed by atoms with van der Waals surface area (Å²) in [5.41, 5.74) is 16.1. The van der Waals surface area contributed by atoms with Crippen molar-refractivity contribution in [1.29, 1.82) is 0 Å². The van der Waals surface area contributed by atoms with Crippen LogP contribution in [0.3, 0.4) is 0 Å². The molecule has 3 nitrogen and oxygen atoms in total. The van der Waals surface area contributed by atoms with E-state index in [-0.39, 0.29) is 5.41 Å². The van der Waals surface area contributed by atoms with Crippen molar-refractivity contribution in [1.82, 2.24) is 0 Å². The number of ether oxygens (including phenoxy) is 1. The molecule has 5 rings (SSSR count). The summed E-state index contributed by atoms with van der Waals surface area (Å²) in [6, 6.07) is 5.95. The molecule has 0 bridgehead atoms. The predicted molar refractivity (Wildman–Crippen MR) is 176 cm³/mol. The highest BCUT2D eigenvalue weighted by Gasteiger charge is 2.63. The maximum atomic E-state index is 6.72. The Hall–Kier alpha value is -1.22. The van der Waals surface area contributed by atoms with Gasteiger partial charge in [0.05, 0.1) is 6.10 Å². The second-order valence-electron chi connectivity index (χ2n) is 16.9. The third-order valence-electron chi connectivity index (χ3n) is 13.7. The monoisotopic (exact) mass is 565 g/mol. The van der Waals surface area contributed by atoms with E-state index in [1.165, 1.54) is 76.2 Å². The first-order valence-electron chi connectivity index (χ1n) is 17.6. The summed E-state index contributed by atoms with van der Waals surface area (Å²) in [4.78, 5) is 0. The Morgan fingerprint density at radius 2 is 1.46 bits per heavy atom. The largest absolute Gasteiger partial charge is 0.399 e. The standard InChI is InChI=1S/C38H64N2O/c1-25(2)10-8-11-26(3)31-14-15-32-30-13-16-34-36(4,5)35(18-20-38(34,7)33(30)17-19-37(31,32)6)41-21-9-12-27-22-28(39)24-29(40)23-27/h22-26,30-35H,8-21,39-40H2,1-7H3/t26-,30+,31-,32+,33+,34?,35?,37-,38-/m1/s1. The van der Waals surface area contributed by atoms with E-state index in [0.717, 1.165) is 72.2 Å². The number of rotatable bonds is 10. The van der Waals surface area contributed by atoms with Gasteiger partial charge in [0.1, 0.15) is 0 Å². The quantitative estimate of drug-likeness (QED) is 0.219. The second kappa shape index (κ2) is 12.0. The van der Waals surface area contributed by atoms with Gasteiger partial charge in [-0.25, -0.2) is 0 Å². The number of aryl methyl sites for hydroxylation is 1. The molecule has 0 spiro atoms. The van der Waals surface area contributed by atoms with Crippen LogP contribution in [-0.2, 0) is 11.2 Å². The van der Waals surface area contributed by atoms with Gasteiger partial charge in [0.15, 0.2) is 0 Å². The minimum atomic E-state index is 0.240. The molecule has 1 aromatic rings. The van der Waals surface area contributed by atoms with E-state index >= 15 is 0 Å². The maximum absolute atomic E-state index is 6.72. The second-order valence-corrected chi connectivity index (χ2v) is 16.9. The molecule has 4 N–H and O–H groups in total. The molecular weight excluding hydrogens is 500 g/mol. The number of hydrogen-bond donors (Lipinski definition) is 2. The van der Waals surface area contributed by atoms with Gasteiger partial charge in [-0.1, -0.05) is 67.7 Å². The molecular formula is C38H64N2O. The van der Waals surface area contributed by atoms with Crippen LogP contribution in [0.4, 0.5) is 11.4 Å². The van der Waals surface area contributed by atoms with Crippen LogP contribution >= 0.6 is 0 Å². The van der Waals surface area contributed by atoms with Gasteiger partial charge in [-0.3, -0.25) is 0 Å². The first kappa shape index (κ1) is 31.2. The van der Waals surface area contributed by atoms with E-state index in [9.17, 15) is 0 Å². The lowest BCUT2D eigenvalue weighted by Crippen LogP contribution is -2.59. The molecule has 2 unspecified atom stereocenters. The first-order chi connectivity index (χ1) is 19.4. The van der Waals surface area contributed by atoms with Crippen LogP contribution in [-0.4, -0.2) is 12.7 Å². The van der Waals surface area contributed by atoms with Crippen LogP contribution in [0.5, 0.6) is 0 Å². The van der Waals surface area contributed by atoms with E-state index in [4.69, 9.17) is 16.2 Å². The van der Waals surface area contributed by atoms with Gasteiger partial charge in [0, 0.05) is 18.0 Å². The molecule has 0 saturated heterocycles. The summed E-state index contributed by atoms with van der Waals surface area (Å²) >= 11 is 0. The van der Waals surface area contributed by atoms with Crippen molar-refractivity contribution in [2.24, 2.45) is 57.7 Å². The molecule has 0 radical (unpaired) electrons. The Labute approximate surface area is 253 Å². The number of nitrogen functional groups attached to an aromatic ring is 2. The van der Waals surface area contributed by atoms with Gasteiger partial charge in [0.25, 0.3) is 0 Å². The Balaban J connectivity index is 1.20. The van der Waals surface area contributed by atoms with Crippen LogP contribution in [0, 0.1) is 57.7 Å². The Morgan fingerprint density at radius 3 is 2.17 bits per heavy atom. The molecule has 0 amide bonds. The van der Waals surface area contributed by atoms with E-state index in [2.05, 4.69) is 60.6 Å². The van der Waals surface area contributed by atoms with Gasteiger partial charge >= 0.3 is 0 Å². The fourth-order valence-electron chi connectivity index (χ4n) is 11.8. The highest BCUT2D eigenvalue weighted by molar-refractivity contribution is 5.54. The molecule has 0 aromatic heterocycles. The smallest absolute Gasteiger partial charge is 0.0629 e. The number of fused-ring (bicyclic) bond motifs is 5. The summed E-state index contributed by atoms with van der Waals surface area (Å²) in [5.74, 6) is 6.32. The van der Waals surface area contributed by atoms with Crippen LogP contribution in [0.15, 0.2) is 18.2 Å². The van der Waals surface area contributed by atoms with Crippen molar-refractivity contribution in [3.8, 4) is 0 Å². The summed E-state index contributed by atoms with van der Waals surface area (Å²) in [7, 11) is 0. The molecule has 4 aliphatic rings. The zero-order chi connectivity index (χ0) is 29.6. The molecule has 1 aromatic carbocycles. The first-order valence-corrected chi connectivity index (χ1v) is 17.6. The fraction of sp³-hybridized carbons (Fsp3) is 0.842. The lowest BCUT2D eigenvalue weighted by molar-refractivity contribution is -0.190. The average Bonchev–Trinajstić information content (AvgIpc) is 3.24. The lowest BCUT2D eigenvalue weighted by Gasteiger charge is -2.65. The Morgan fingerprint density at radius 1 is 0.780 bits per heavy atom. The van der Waals surface area contributed by atoms with Crippen molar-refractivity contribution < 1.29 is 4.74 Å². The highest BCUT2D eigenvalue weighted by Crippen LogP contribution is 2.70. The fourth-order valence-corrected chi connectivity index (χ4v) is 11.8. The molecule has 41 heavy (non-hydrogen) atoms. The molecule has 0 aliphatic heterocycles. The van der Waals surface area contributed by atoms with E-state index in [1.54, 1.807) is 0 Å². The zero-order valence-corrected chi connectivity index (χ0v) is 27.8. The van der Waals surface area contributed by atoms with Crippen molar-refractivity contribution in [3.05, 3.63) is 23.8 Å². The molecule has 4 saturated carbocycles. The van der Waals surface area contributed by atoms with Gasteiger partial charge in [-0.15, -0.1) is 0 Å². The Bertz CT molecular complexity index is 1010. The summed E-state index contributed by atoms with van der Waals surface area (Å²) in [6.45, 7) is 18.8. The van der Waals surface area contributed by atoms with Crippen LogP contribution < -0.4 is 11.5 Å². The molecule has 232 valence electrons. The van der Waals surface area contributed by atoms with E-state index in [1.807, 2.05) is 6.07 Å². The SMILES string of the molecule is CC(C)CCC[C@@H](C)[C@H]1CC[C@H]2[C@@H]3CCC4C(C)(C)C(OCCCc5cc(N)cc(N)c5)CC[C@]4(C)[C@H]3CC[C@]12C. The topological polar surface area (TPSA) is 61.3 Å². The van der Waals surface area contributed by atoms with Crippen molar-refractivity contribution >= 4 is 11.4 Å². The minimum absolute atomic E-state index is 0.240. The normalized spacial score (nSPS) is 38.7. The number of nitrogens with two attached hydrogens (primary N) is 2. The number of hydrogen-bond acceptors (Lipinski definition) is 3. The minimum Gasteiger partial charge on any atom is -0.399 e. The Kier molecular flexibility index (Phi) is 9.17. The van der Waals surface area contributed by atoms with Crippen molar-refractivity contribution in [3.63, 3.8) is 0 Å². The number of anilines is 2. The molecule has 4 fully saturated rings. The lowest BCUT2D eigenvalue weighted by atomic mass is 9.41. The summed E-state index contributed by atoms with van der Waals surface area (Å²) < 4.78 is 6.72. The van der Waals surface area contributed by atoms with Gasteiger partial charge in [-0.05, 0) is 146 Å². The molecule has 9 atom stereocenters. The molecule has 0 heterocycles. The summed E-state index contributed by atoms with van der Waals surface area (Å²) in [6.07, 6.45) is 18.1. The maximum Gasteiger partial charge on any atom is 0.0629 e.